The fraction of sp³-hybridized carbons (Fsp3) is 0.423. The second kappa shape index (κ2) is 6.83. The van der Waals surface area contributed by atoms with Gasteiger partial charge in [-0.3, -0.25) is 4.40 Å². The number of pyridine rings is 1. The van der Waals surface area contributed by atoms with Crippen molar-refractivity contribution >= 4 is 27.3 Å². The van der Waals surface area contributed by atoms with Gasteiger partial charge in [-0.25, -0.2) is 9.37 Å². The summed E-state index contributed by atoms with van der Waals surface area (Å²) in [6.07, 6.45) is 1.38. The van der Waals surface area contributed by atoms with Crippen LogP contribution in [0.25, 0.3) is 27.3 Å². The Hall–Kier alpha value is -2.42. The third kappa shape index (κ3) is 3.02. The highest BCUT2D eigenvalue weighted by Gasteiger charge is 2.28. The van der Waals surface area contributed by atoms with Crippen molar-refractivity contribution in [3.63, 3.8) is 0 Å². The Morgan fingerprint density at radius 3 is 2.41 bits per heavy atom. The molecule has 29 heavy (non-hydrogen) atoms. The van der Waals surface area contributed by atoms with Gasteiger partial charge < -0.3 is 0 Å². The third-order valence-electron chi connectivity index (χ3n) is 6.43. The summed E-state index contributed by atoms with van der Waals surface area (Å²) >= 11 is 0. The molecular weight excluding hydrogens is 359 g/mol. The Kier molecular flexibility index (Phi) is 4.68. The fourth-order valence-electron chi connectivity index (χ4n) is 4.46. The van der Waals surface area contributed by atoms with E-state index in [9.17, 15) is 0 Å². The molecule has 0 aliphatic rings. The minimum Gasteiger partial charge on any atom is -0.296 e. The lowest BCUT2D eigenvalue weighted by Crippen LogP contribution is -2.14. The molecule has 152 valence electrons. The Morgan fingerprint density at radius 2 is 1.76 bits per heavy atom. The van der Waals surface area contributed by atoms with Crippen molar-refractivity contribution in [2.45, 2.75) is 67.0 Å². The van der Waals surface area contributed by atoms with Crippen LogP contribution in [0.3, 0.4) is 0 Å². The van der Waals surface area contributed by atoms with E-state index >= 15 is 4.39 Å². The maximum Gasteiger partial charge on any atom is 0.146 e. The van der Waals surface area contributed by atoms with Gasteiger partial charge in [-0.1, -0.05) is 39.0 Å². The van der Waals surface area contributed by atoms with Crippen molar-refractivity contribution in [2.24, 2.45) is 5.92 Å². The zero-order valence-electron chi connectivity index (χ0n) is 18.7. The van der Waals surface area contributed by atoms with Crippen LogP contribution in [0.4, 0.5) is 4.39 Å². The van der Waals surface area contributed by atoms with Crippen LogP contribution in [0.15, 0.2) is 30.3 Å². The molecule has 4 rings (SSSR count). The zero-order chi connectivity index (χ0) is 21.1. The number of rotatable bonds is 4. The number of alkyl halides is 1. The van der Waals surface area contributed by atoms with E-state index in [-0.39, 0.29) is 0 Å². The van der Waals surface area contributed by atoms with Gasteiger partial charge in [0.2, 0.25) is 0 Å². The van der Waals surface area contributed by atoms with Crippen molar-refractivity contribution in [3.05, 3.63) is 58.4 Å². The lowest BCUT2D eigenvalue weighted by molar-refractivity contribution is 0.187. The zero-order valence-corrected chi connectivity index (χ0v) is 18.7. The second-order valence-electron chi connectivity index (χ2n) is 9.13. The monoisotopic (exact) mass is 390 g/mol. The first kappa shape index (κ1) is 19.9. The minimum absolute atomic E-state index is 0.432. The standard InChI is InChI=1S/C26H31FN2/c1-8-26(7,27)21-11-9-10-19-20-13-16(4)17(5)14-23(20)29-22(12-15(2)3)18(6)28-25(29)24(19)21/h9-11,13-15H,8,12H2,1-7H3. The molecule has 2 heterocycles. The summed E-state index contributed by atoms with van der Waals surface area (Å²) in [5.41, 5.74) is 6.19. The van der Waals surface area contributed by atoms with Gasteiger partial charge in [0.25, 0.3) is 0 Å². The molecule has 0 bridgehead atoms. The first-order valence-electron chi connectivity index (χ1n) is 10.7. The van der Waals surface area contributed by atoms with Crippen LogP contribution in [-0.2, 0) is 12.1 Å². The number of halogens is 1. The van der Waals surface area contributed by atoms with Crippen molar-refractivity contribution in [3.8, 4) is 0 Å². The lowest BCUT2D eigenvalue weighted by atomic mass is 9.89. The highest BCUT2D eigenvalue weighted by atomic mass is 19.1. The molecule has 0 aliphatic heterocycles. The minimum atomic E-state index is -1.40. The number of fused-ring (bicyclic) bond motifs is 6. The number of benzene rings is 2. The van der Waals surface area contributed by atoms with Crippen molar-refractivity contribution in [1.82, 2.24) is 9.38 Å². The molecule has 0 fully saturated rings. The van der Waals surface area contributed by atoms with Crippen LogP contribution in [0, 0.1) is 26.7 Å². The average Bonchev–Trinajstić information content (AvgIpc) is 2.98. The molecule has 2 nitrogen and oxygen atoms in total. The van der Waals surface area contributed by atoms with Gasteiger partial charge in [0.1, 0.15) is 11.3 Å². The van der Waals surface area contributed by atoms with Crippen molar-refractivity contribution in [1.29, 1.82) is 0 Å². The smallest absolute Gasteiger partial charge is 0.146 e. The molecule has 0 amide bonds. The van der Waals surface area contributed by atoms with Crippen LogP contribution in [0.1, 0.15) is 62.2 Å². The third-order valence-corrected chi connectivity index (χ3v) is 6.43. The van der Waals surface area contributed by atoms with Crippen molar-refractivity contribution in [2.75, 3.05) is 0 Å². The first-order valence-corrected chi connectivity index (χ1v) is 10.7. The predicted molar refractivity (Wildman–Crippen MR) is 122 cm³/mol. The SMILES string of the molecule is CCC(C)(F)c1cccc2c3cc(C)c(C)cc3n3c(CC(C)C)c(C)nc3c12. The summed E-state index contributed by atoms with van der Waals surface area (Å²) in [4.78, 5) is 5.00. The van der Waals surface area contributed by atoms with Gasteiger partial charge in [-0.15, -0.1) is 0 Å². The van der Waals surface area contributed by atoms with E-state index < -0.39 is 5.67 Å². The van der Waals surface area contributed by atoms with E-state index in [4.69, 9.17) is 4.98 Å². The number of hydrogen-bond acceptors (Lipinski definition) is 1. The number of aryl methyl sites for hydroxylation is 3. The summed E-state index contributed by atoms with van der Waals surface area (Å²) in [6.45, 7) is 14.5. The molecule has 4 aromatic rings. The van der Waals surface area contributed by atoms with Gasteiger partial charge in [-0.05, 0) is 75.1 Å². The molecule has 1 atom stereocenters. The van der Waals surface area contributed by atoms with Gasteiger partial charge in [0, 0.05) is 22.0 Å². The van der Waals surface area contributed by atoms with Crippen LogP contribution >= 0.6 is 0 Å². The lowest BCUT2D eigenvalue weighted by Gasteiger charge is -2.22. The molecule has 0 spiro atoms. The van der Waals surface area contributed by atoms with E-state index in [1.165, 1.54) is 27.7 Å². The number of nitrogens with zero attached hydrogens (tertiary/aromatic N) is 2. The molecule has 0 N–H and O–H groups in total. The first-order chi connectivity index (χ1) is 13.7. The van der Waals surface area contributed by atoms with E-state index in [0.29, 0.717) is 12.3 Å². The second-order valence-corrected chi connectivity index (χ2v) is 9.13. The van der Waals surface area contributed by atoms with Crippen LogP contribution in [0.2, 0.25) is 0 Å². The van der Waals surface area contributed by atoms with Crippen LogP contribution in [-0.4, -0.2) is 9.38 Å². The predicted octanol–water partition coefficient (Wildman–Crippen LogP) is 7.36. The maximum atomic E-state index is 15.6. The summed E-state index contributed by atoms with van der Waals surface area (Å²) in [6, 6.07) is 10.6. The fourth-order valence-corrected chi connectivity index (χ4v) is 4.46. The molecule has 0 aliphatic carbocycles. The normalized spacial score (nSPS) is 14.4. The number of hydrogen-bond donors (Lipinski definition) is 0. The van der Waals surface area contributed by atoms with Crippen LogP contribution in [0.5, 0.6) is 0 Å². The quantitative estimate of drug-likeness (QED) is 0.333. The summed E-state index contributed by atoms with van der Waals surface area (Å²) in [7, 11) is 0. The molecule has 1 unspecified atom stereocenters. The Bertz CT molecular complexity index is 1240. The van der Waals surface area contributed by atoms with Crippen molar-refractivity contribution < 1.29 is 4.39 Å². The average molecular weight is 391 g/mol. The molecule has 2 aromatic heterocycles. The van der Waals surface area contributed by atoms with Gasteiger partial charge in [-0.2, -0.15) is 0 Å². The van der Waals surface area contributed by atoms with E-state index in [0.717, 1.165) is 34.1 Å². The molecular formula is C26H31FN2. The van der Waals surface area contributed by atoms with Crippen LogP contribution < -0.4 is 0 Å². The molecule has 0 saturated carbocycles. The Morgan fingerprint density at radius 1 is 1.07 bits per heavy atom. The van der Waals surface area contributed by atoms with E-state index in [2.05, 4.69) is 57.2 Å². The molecule has 0 saturated heterocycles. The molecule has 0 radical (unpaired) electrons. The number of aromatic nitrogens is 2. The largest absolute Gasteiger partial charge is 0.296 e. The summed E-state index contributed by atoms with van der Waals surface area (Å²) in [5.74, 6) is 0.517. The van der Waals surface area contributed by atoms with Gasteiger partial charge in [0.15, 0.2) is 0 Å². The highest BCUT2D eigenvalue weighted by molar-refractivity contribution is 6.13. The van der Waals surface area contributed by atoms with E-state index in [1.54, 1.807) is 6.92 Å². The molecule has 3 heteroatoms. The Balaban J connectivity index is 2.32. The number of imidazole rings is 1. The summed E-state index contributed by atoms with van der Waals surface area (Å²) < 4.78 is 17.9. The maximum absolute atomic E-state index is 15.6. The topological polar surface area (TPSA) is 17.3 Å². The van der Waals surface area contributed by atoms with Gasteiger partial charge >= 0.3 is 0 Å². The molecule has 2 aromatic carbocycles. The van der Waals surface area contributed by atoms with E-state index in [1.807, 2.05) is 19.1 Å². The van der Waals surface area contributed by atoms with Gasteiger partial charge in [0.05, 0.1) is 11.2 Å². The summed E-state index contributed by atoms with van der Waals surface area (Å²) in [5, 5.41) is 3.21. The highest BCUT2D eigenvalue weighted by Crippen LogP contribution is 2.40. The Labute approximate surface area is 172 Å².